The Kier molecular flexibility index (Phi) is 3.98. The van der Waals surface area contributed by atoms with Crippen LogP contribution in [-0.4, -0.2) is 34.7 Å². The molecule has 104 valence electrons. The molecule has 2 heterocycles. The Bertz CT molecular complexity index is 645. The summed E-state index contributed by atoms with van der Waals surface area (Å²) >= 11 is 0. The average Bonchev–Trinajstić information content (AvgIpc) is 2.98. The number of sulfonamides is 1. The van der Waals surface area contributed by atoms with E-state index in [1.54, 1.807) is 6.20 Å². The number of H-pyrrole nitrogens is 1. The Morgan fingerprint density at radius 3 is 2.95 bits per heavy atom. The highest BCUT2D eigenvalue weighted by molar-refractivity contribution is 7.89. The van der Waals surface area contributed by atoms with Crippen molar-refractivity contribution in [2.75, 3.05) is 6.54 Å². The first kappa shape index (κ1) is 13.7. The Labute approximate surface area is 111 Å². The number of hydrogen-bond acceptors (Lipinski definition) is 5. The first-order valence-electron chi connectivity index (χ1n) is 5.73. The highest BCUT2D eigenvalue weighted by Gasteiger charge is 2.19. The molecule has 2 aromatic rings. The van der Waals surface area contributed by atoms with Gasteiger partial charge in [-0.15, -0.1) is 0 Å². The van der Waals surface area contributed by atoms with Gasteiger partial charge in [-0.25, -0.2) is 18.1 Å². The van der Waals surface area contributed by atoms with Crippen molar-refractivity contribution in [2.24, 2.45) is 12.8 Å². The highest BCUT2D eigenvalue weighted by Crippen LogP contribution is 2.10. The monoisotopic (exact) mass is 284 g/mol. The van der Waals surface area contributed by atoms with Gasteiger partial charge in [-0.05, 0) is 0 Å². The molecule has 0 amide bonds. The highest BCUT2D eigenvalue weighted by atomic mass is 32.2. The minimum Gasteiger partial charge on any atom is -0.338 e. The summed E-state index contributed by atoms with van der Waals surface area (Å²) < 4.78 is 28.4. The van der Waals surface area contributed by atoms with Crippen molar-refractivity contribution in [3.63, 3.8) is 0 Å². The zero-order valence-corrected chi connectivity index (χ0v) is 11.3. The Morgan fingerprint density at radius 2 is 2.32 bits per heavy atom. The number of aromatic amines is 1. The molecule has 0 saturated heterocycles. The predicted molar refractivity (Wildman–Crippen MR) is 68.6 cm³/mol. The first-order chi connectivity index (χ1) is 9.04. The quantitative estimate of drug-likeness (QED) is 0.636. The molecule has 0 aliphatic carbocycles. The number of rotatable bonds is 6. The molecule has 0 aliphatic rings. The third-order valence-corrected chi connectivity index (χ3v) is 4.20. The molecule has 0 bridgehead atoms. The molecule has 0 saturated carbocycles. The van der Waals surface area contributed by atoms with Gasteiger partial charge in [0.15, 0.2) is 5.03 Å². The maximum absolute atomic E-state index is 12.0. The van der Waals surface area contributed by atoms with Crippen LogP contribution in [0.2, 0.25) is 0 Å². The lowest BCUT2D eigenvalue weighted by molar-refractivity contribution is 0.574. The fraction of sp³-hybridized carbons (Fsp3) is 0.400. The largest absolute Gasteiger partial charge is 0.338 e. The zero-order chi connectivity index (χ0) is 13.9. The lowest BCUT2D eigenvalue weighted by Gasteiger charge is -2.06. The third kappa shape index (κ3) is 3.00. The van der Waals surface area contributed by atoms with Crippen LogP contribution in [0.4, 0.5) is 0 Å². The standard InChI is InChI=1S/C10H16N6O2S/c1-16-5-4-12-9(16)2-3-14-19(17,18)10-8(6-11)7-13-15-10/h4-5,7,14H,2-3,6,11H2,1H3,(H,13,15). The minimum atomic E-state index is -3.61. The van der Waals surface area contributed by atoms with Crippen LogP contribution in [0.1, 0.15) is 11.4 Å². The maximum atomic E-state index is 12.0. The van der Waals surface area contributed by atoms with Gasteiger partial charge in [0, 0.05) is 44.5 Å². The summed E-state index contributed by atoms with van der Waals surface area (Å²) in [6.45, 7) is 0.377. The summed E-state index contributed by atoms with van der Waals surface area (Å²) in [4.78, 5) is 4.12. The molecule has 4 N–H and O–H groups in total. The number of hydrogen-bond donors (Lipinski definition) is 3. The van der Waals surface area contributed by atoms with E-state index in [0.717, 1.165) is 5.82 Å². The van der Waals surface area contributed by atoms with E-state index in [0.29, 0.717) is 12.0 Å². The van der Waals surface area contributed by atoms with E-state index >= 15 is 0 Å². The van der Waals surface area contributed by atoms with Gasteiger partial charge in [0.2, 0.25) is 0 Å². The molecule has 8 nitrogen and oxygen atoms in total. The van der Waals surface area contributed by atoms with E-state index in [-0.39, 0.29) is 18.1 Å². The number of nitrogens with two attached hydrogens (primary N) is 1. The van der Waals surface area contributed by atoms with Gasteiger partial charge in [0.05, 0.1) is 6.20 Å². The molecular formula is C10H16N6O2S. The van der Waals surface area contributed by atoms with Crippen LogP contribution in [0.15, 0.2) is 23.6 Å². The van der Waals surface area contributed by atoms with Crippen LogP contribution in [0, 0.1) is 0 Å². The van der Waals surface area contributed by atoms with Gasteiger partial charge in [0.25, 0.3) is 10.0 Å². The van der Waals surface area contributed by atoms with Crippen molar-refractivity contribution in [3.05, 3.63) is 30.0 Å². The Hall–Kier alpha value is -1.71. The first-order valence-corrected chi connectivity index (χ1v) is 7.21. The summed E-state index contributed by atoms with van der Waals surface area (Å²) in [5, 5.41) is 6.16. The van der Waals surface area contributed by atoms with Gasteiger partial charge in [-0.3, -0.25) is 5.10 Å². The van der Waals surface area contributed by atoms with E-state index < -0.39 is 10.0 Å². The van der Waals surface area contributed by atoms with Crippen molar-refractivity contribution in [1.29, 1.82) is 0 Å². The second-order valence-corrected chi connectivity index (χ2v) is 5.73. The lowest BCUT2D eigenvalue weighted by atomic mass is 10.4. The van der Waals surface area contributed by atoms with Crippen molar-refractivity contribution in [2.45, 2.75) is 18.0 Å². The SMILES string of the molecule is Cn1ccnc1CCNS(=O)(=O)c1[nH]ncc1CN. The fourth-order valence-electron chi connectivity index (χ4n) is 1.68. The second kappa shape index (κ2) is 5.51. The molecule has 0 spiro atoms. The van der Waals surface area contributed by atoms with E-state index in [2.05, 4.69) is 19.9 Å². The molecule has 2 aromatic heterocycles. The Morgan fingerprint density at radius 1 is 1.53 bits per heavy atom. The molecule has 9 heteroatoms. The molecular weight excluding hydrogens is 268 g/mol. The molecule has 0 radical (unpaired) electrons. The molecule has 2 rings (SSSR count). The normalized spacial score (nSPS) is 11.9. The second-order valence-electron chi connectivity index (χ2n) is 4.03. The number of nitrogens with one attached hydrogen (secondary N) is 2. The molecule has 0 aliphatic heterocycles. The van der Waals surface area contributed by atoms with Crippen LogP contribution in [0.3, 0.4) is 0 Å². The molecule has 19 heavy (non-hydrogen) atoms. The zero-order valence-electron chi connectivity index (χ0n) is 10.5. The number of nitrogens with zero attached hydrogens (tertiary/aromatic N) is 3. The lowest BCUT2D eigenvalue weighted by Crippen LogP contribution is -2.28. The summed E-state index contributed by atoms with van der Waals surface area (Å²) in [6.07, 6.45) is 5.40. The summed E-state index contributed by atoms with van der Waals surface area (Å²) in [5.74, 6) is 0.811. The summed E-state index contributed by atoms with van der Waals surface area (Å²) in [6, 6.07) is 0. The van der Waals surface area contributed by atoms with Gasteiger partial charge >= 0.3 is 0 Å². The van der Waals surface area contributed by atoms with Crippen LogP contribution in [0.25, 0.3) is 0 Å². The van der Waals surface area contributed by atoms with E-state index in [9.17, 15) is 8.42 Å². The number of aromatic nitrogens is 4. The van der Waals surface area contributed by atoms with E-state index in [4.69, 9.17) is 5.73 Å². The fourth-order valence-corrected chi connectivity index (χ4v) is 2.85. The van der Waals surface area contributed by atoms with Crippen LogP contribution in [-0.2, 0) is 30.0 Å². The Balaban J connectivity index is 2.01. The van der Waals surface area contributed by atoms with Gasteiger partial charge in [-0.1, -0.05) is 0 Å². The average molecular weight is 284 g/mol. The molecule has 0 unspecified atom stereocenters. The number of aryl methyl sites for hydroxylation is 1. The number of imidazole rings is 1. The third-order valence-electron chi connectivity index (χ3n) is 2.73. The molecule has 0 fully saturated rings. The topological polar surface area (TPSA) is 119 Å². The van der Waals surface area contributed by atoms with Gasteiger partial charge in [0.1, 0.15) is 5.82 Å². The van der Waals surface area contributed by atoms with Crippen LogP contribution < -0.4 is 10.5 Å². The van der Waals surface area contributed by atoms with Gasteiger partial charge < -0.3 is 10.3 Å². The van der Waals surface area contributed by atoms with E-state index in [1.165, 1.54) is 6.20 Å². The van der Waals surface area contributed by atoms with E-state index in [1.807, 2.05) is 17.8 Å². The summed E-state index contributed by atoms with van der Waals surface area (Å²) in [5.41, 5.74) is 5.91. The predicted octanol–water partition coefficient (Wildman–Crippen LogP) is -0.877. The van der Waals surface area contributed by atoms with Crippen molar-refractivity contribution < 1.29 is 8.42 Å². The van der Waals surface area contributed by atoms with Crippen molar-refractivity contribution >= 4 is 10.0 Å². The van der Waals surface area contributed by atoms with Crippen molar-refractivity contribution in [3.8, 4) is 0 Å². The van der Waals surface area contributed by atoms with Gasteiger partial charge in [-0.2, -0.15) is 5.10 Å². The minimum absolute atomic E-state index is 0.0230. The van der Waals surface area contributed by atoms with Crippen LogP contribution >= 0.6 is 0 Å². The molecule has 0 atom stereocenters. The smallest absolute Gasteiger partial charge is 0.257 e. The maximum Gasteiger partial charge on any atom is 0.257 e. The van der Waals surface area contributed by atoms with Crippen molar-refractivity contribution in [1.82, 2.24) is 24.5 Å². The molecule has 0 aromatic carbocycles. The summed E-state index contributed by atoms with van der Waals surface area (Å²) in [7, 11) is -1.75. The van der Waals surface area contributed by atoms with Crippen LogP contribution in [0.5, 0.6) is 0 Å².